The molecular formula is C30H28ClN3O8. The number of carbonyl (C=O) groups excluding carboxylic acids is 3. The van der Waals surface area contributed by atoms with Gasteiger partial charge < -0.3 is 14.2 Å². The highest BCUT2D eigenvalue weighted by atomic mass is 35.5. The number of non-ortho nitro benzene ring substituents is 1. The monoisotopic (exact) mass is 593 g/mol. The summed E-state index contributed by atoms with van der Waals surface area (Å²) in [6.07, 6.45) is 2.12. The second kappa shape index (κ2) is 13.6. The van der Waals surface area contributed by atoms with Gasteiger partial charge in [0.25, 0.3) is 17.5 Å². The Labute approximate surface area is 246 Å². The van der Waals surface area contributed by atoms with E-state index in [1.54, 1.807) is 42.5 Å². The topological polar surface area (TPSA) is 137 Å². The number of halogens is 1. The molecule has 0 spiro atoms. The van der Waals surface area contributed by atoms with Crippen molar-refractivity contribution < 1.29 is 33.5 Å². The quantitative estimate of drug-likeness (QED) is 0.123. The molecule has 3 aromatic carbocycles. The molecule has 218 valence electrons. The van der Waals surface area contributed by atoms with Crippen LogP contribution in [0.2, 0.25) is 5.02 Å². The average Bonchev–Trinajstić information content (AvgIpc) is 2.97. The van der Waals surface area contributed by atoms with E-state index >= 15 is 0 Å². The van der Waals surface area contributed by atoms with Crippen molar-refractivity contribution in [3.63, 3.8) is 0 Å². The molecule has 0 bridgehead atoms. The van der Waals surface area contributed by atoms with Gasteiger partial charge in [0.2, 0.25) is 0 Å². The van der Waals surface area contributed by atoms with Gasteiger partial charge in [-0.2, -0.15) is 0 Å². The molecule has 1 fully saturated rings. The van der Waals surface area contributed by atoms with Crippen LogP contribution >= 0.6 is 11.6 Å². The third-order valence-electron chi connectivity index (χ3n) is 6.11. The van der Waals surface area contributed by atoms with Crippen LogP contribution in [0.4, 0.5) is 10.5 Å². The summed E-state index contributed by atoms with van der Waals surface area (Å²) in [5.41, 5.74) is 1.24. The van der Waals surface area contributed by atoms with Crippen molar-refractivity contribution in [1.29, 1.82) is 0 Å². The molecule has 1 saturated heterocycles. The van der Waals surface area contributed by atoms with Crippen molar-refractivity contribution in [3.05, 3.63) is 98.1 Å². The number of nitrogens with zero attached hydrogens (tertiary/aromatic N) is 2. The van der Waals surface area contributed by atoms with Gasteiger partial charge in [-0.3, -0.25) is 29.9 Å². The maximum Gasteiger partial charge on any atom is 0.331 e. The lowest BCUT2D eigenvalue weighted by molar-refractivity contribution is -0.384. The number of nitro groups is 1. The summed E-state index contributed by atoms with van der Waals surface area (Å²) < 4.78 is 17.3. The first-order valence-electron chi connectivity index (χ1n) is 13.1. The number of imide groups is 2. The van der Waals surface area contributed by atoms with Gasteiger partial charge in [-0.25, -0.2) is 4.79 Å². The fourth-order valence-electron chi connectivity index (χ4n) is 4.06. The lowest BCUT2D eigenvalue weighted by Crippen LogP contribution is -2.53. The zero-order valence-electron chi connectivity index (χ0n) is 22.9. The summed E-state index contributed by atoms with van der Waals surface area (Å²) >= 11 is 6.19. The highest BCUT2D eigenvalue weighted by Crippen LogP contribution is 2.31. The van der Waals surface area contributed by atoms with Gasteiger partial charge in [-0.05, 0) is 73.0 Å². The molecule has 1 N–H and O–H groups in total. The van der Waals surface area contributed by atoms with E-state index in [1.807, 2.05) is 13.8 Å². The van der Waals surface area contributed by atoms with Crippen LogP contribution in [0, 0.1) is 10.1 Å². The van der Waals surface area contributed by atoms with E-state index in [2.05, 4.69) is 5.32 Å². The average molecular weight is 594 g/mol. The van der Waals surface area contributed by atoms with Gasteiger partial charge in [0, 0.05) is 22.7 Å². The van der Waals surface area contributed by atoms with Crippen LogP contribution in [0.1, 0.15) is 37.0 Å². The number of rotatable bonds is 12. The van der Waals surface area contributed by atoms with Crippen molar-refractivity contribution in [2.45, 2.75) is 33.4 Å². The smallest absolute Gasteiger partial charge is 0.331 e. The number of amides is 4. The molecule has 11 nitrogen and oxygen atoms in total. The summed E-state index contributed by atoms with van der Waals surface area (Å²) in [4.78, 5) is 50.2. The first-order chi connectivity index (χ1) is 20.2. The molecule has 0 unspecified atom stereocenters. The molecule has 0 saturated carbocycles. The molecule has 3 aromatic rings. The molecule has 1 heterocycles. The molecule has 12 heteroatoms. The lowest BCUT2D eigenvalue weighted by atomic mass is 10.1. The van der Waals surface area contributed by atoms with Crippen LogP contribution in [0.25, 0.3) is 6.08 Å². The van der Waals surface area contributed by atoms with Gasteiger partial charge in [0.05, 0.1) is 24.7 Å². The number of ether oxygens (including phenoxy) is 3. The van der Waals surface area contributed by atoms with Crippen molar-refractivity contribution in [2.75, 3.05) is 13.2 Å². The number of urea groups is 1. The maximum atomic E-state index is 13.4. The first-order valence-corrected chi connectivity index (χ1v) is 13.5. The molecule has 0 radical (unpaired) electrons. The Bertz CT molecular complexity index is 1540. The summed E-state index contributed by atoms with van der Waals surface area (Å²) in [6.45, 7) is 4.65. The summed E-state index contributed by atoms with van der Waals surface area (Å²) in [5.74, 6) is -0.322. The maximum absolute atomic E-state index is 13.4. The summed E-state index contributed by atoms with van der Waals surface area (Å²) in [7, 11) is 0. The Hall–Kier alpha value is -4.90. The fraction of sp³-hybridized carbons (Fsp3) is 0.233. The zero-order chi connectivity index (χ0) is 30.2. The summed E-state index contributed by atoms with van der Waals surface area (Å²) in [5, 5.41) is 13.4. The Morgan fingerprint density at radius 1 is 0.905 bits per heavy atom. The third-order valence-corrected chi connectivity index (χ3v) is 6.34. The molecule has 0 atom stereocenters. The molecule has 4 rings (SSSR count). The Kier molecular flexibility index (Phi) is 9.77. The molecule has 0 aromatic heterocycles. The minimum absolute atomic E-state index is 0.0496. The van der Waals surface area contributed by atoms with Gasteiger partial charge >= 0.3 is 6.03 Å². The van der Waals surface area contributed by atoms with Crippen LogP contribution in [0.15, 0.2) is 66.2 Å². The van der Waals surface area contributed by atoms with Crippen molar-refractivity contribution >= 4 is 41.2 Å². The van der Waals surface area contributed by atoms with E-state index in [9.17, 15) is 24.5 Å². The highest BCUT2D eigenvalue weighted by Gasteiger charge is 2.36. The molecule has 1 aliphatic heterocycles. The van der Waals surface area contributed by atoms with Crippen LogP contribution in [0.5, 0.6) is 17.2 Å². The normalized spacial score (nSPS) is 14.1. The molecular weight excluding hydrogens is 566 g/mol. The van der Waals surface area contributed by atoms with E-state index in [1.165, 1.54) is 24.3 Å². The predicted octanol–water partition coefficient (Wildman–Crippen LogP) is 5.68. The van der Waals surface area contributed by atoms with Gasteiger partial charge in [0.1, 0.15) is 17.9 Å². The van der Waals surface area contributed by atoms with Crippen LogP contribution in [0.3, 0.4) is 0 Å². The number of nitrogens with one attached hydrogen (secondary N) is 1. The van der Waals surface area contributed by atoms with Gasteiger partial charge in [0.15, 0.2) is 11.5 Å². The lowest BCUT2D eigenvalue weighted by Gasteiger charge is -2.27. The van der Waals surface area contributed by atoms with E-state index in [4.69, 9.17) is 25.8 Å². The van der Waals surface area contributed by atoms with Crippen molar-refractivity contribution in [2.24, 2.45) is 0 Å². The predicted molar refractivity (Wildman–Crippen MR) is 154 cm³/mol. The number of nitro benzene ring substituents is 1. The van der Waals surface area contributed by atoms with Gasteiger partial charge in [-0.1, -0.05) is 24.6 Å². The van der Waals surface area contributed by atoms with Crippen LogP contribution in [-0.2, 0) is 22.7 Å². The second-order valence-corrected chi connectivity index (χ2v) is 9.60. The molecule has 1 aliphatic rings. The minimum atomic E-state index is -0.860. The molecule has 0 aliphatic carbocycles. The number of hydrogen-bond donors (Lipinski definition) is 1. The fourth-order valence-corrected chi connectivity index (χ4v) is 4.25. The third kappa shape index (κ3) is 7.24. The van der Waals surface area contributed by atoms with Crippen molar-refractivity contribution in [3.8, 4) is 17.2 Å². The summed E-state index contributed by atoms with van der Waals surface area (Å²) in [6, 6.07) is 14.8. The molecule has 4 amide bonds. The van der Waals surface area contributed by atoms with E-state index in [0.717, 1.165) is 11.3 Å². The van der Waals surface area contributed by atoms with E-state index in [0.29, 0.717) is 52.2 Å². The SMILES string of the molecule is CCCOc1ccc(CN2C(=O)NC(=O)/C(=C\c3cc(Cl)ccc3OCc3ccc([N+](=O)[O-])cc3)C2=O)cc1OCC. The highest BCUT2D eigenvalue weighted by molar-refractivity contribution is 6.32. The van der Waals surface area contributed by atoms with Crippen LogP contribution in [-0.4, -0.2) is 40.9 Å². The Balaban J connectivity index is 1.57. The van der Waals surface area contributed by atoms with Crippen molar-refractivity contribution in [1.82, 2.24) is 10.2 Å². The number of carbonyl (C=O) groups is 3. The largest absolute Gasteiger partial charge is 0.490 e. The minimum Gasteiger partial charge on any atom is -0.490 e. The Morgan fingerprint density at radius 2 is 1.62 bits per heavy atom. The number of hydrogen-bond acceptors (Lipinski definition) is 8. The standard InChI is InChI=1S/C30H28ClN3O8/c1-3-13-41-26-11-7-20(14-27(26)40-4-2)17-33-29(36)24(28(35)32-30(33)37)16-21-15-22(31)8-12-25(21)42-18-19-5-9-23(10-6-19)34(38)39/h5-12,14-16H,3-4,13,17-18H2,1-2H3,(H,32,35,37)/b24-16+. The first kappa shape index (κ1) is 30.1. The van der Waals surface area contributed by atoms with E-state index in [-0.39, 0.29) is 24.4 Å². The number of benzene rings is 3. The molecule has 42 heavy (non-hydrogen) atoms. The number of barbiturate groups is 1. The Morgan fingerprint density at radius 3 is 2.31 bits per heavy atom. The van der Waals surface area contributed by atoms with Gasteiger partial charge in [-0.15, -0.1) is 0 Å². The van der Waals surface area contributed by atoms with Crippen LogP contribution < -0.4 is 19.5 Å². The second-order valence-electron chi connectivity index (χ2n) is 9.17. The zero-order valence-corrected chi connectivity index (χ0v) is 23.7. The van der Waals surface area contributed by atoms with E-state index < -0.39 is 22.8 Å².